The van der Waals surface area contributed by atoms with Crippen LogP contribution in [-0.2, 0) is 9.53 Å². The quantitative estimate of drug-likeness (QED) is 0.872. The van der Waals surface area contributed by atoms with Crippen LogP contribution in [0.15, 0.2) is 24.3 Å². The lowest BCUT2D eigenvalue weighted by molar-refractivity contribution is -0.134. The lowest BCUT2D eigenvalue weighted by Crippen LogP contribution is -2.41. The molecule has 0 bridgehead atoms. The standard InChI is InChI=1S/C14H20N2O3/c1-18-13-4-2-3-12(11-13)15-6-5-14(17)16-7-9-19-10-8-16/h2-4,11,15H,5-10H2,1H3. The highest BCUT2D eigenvalue weighted by Gasteiger charge is 2.15. The first-order valence-electron chi connectivity index (χ1n) is 6.53. The SMILES string of the molecule is COc1cccc(NCCC(=O)N2CCOCC2)c1. The summed E-state index contributed by atoms with van der Waals surface area (Å²) < 4.78 is 10.4. The Morgan fingerprint density at radius 3 is 2.95 bits per heavy atom. The maximum atomic E-state index is 11.9. The molecular weight excluding hydrogens is 244 g/mol. The first-order chi connectivity index (χ1) is 9.29. The Balaban J connectivity index is 1.74. The van der Waals surface area contributed by atoms with E-state index < -0.39 is 0 Å². The van der Waals surface area contributed by atoms with Gasteiger partial charge in [0.1, 0.15) is 5.75 Å². The molecule has 1 amide bonds. The maximum absolute atomic E-state index is 11.9. The fourth-order valence-corrected chi connectivity index (χ4v) is 2.02. The van der Waals surface area contributed by atoms with Crippen LogP contribution in [0.5, 0.6) is 5.75 Å². The van der Waals surface area contributed by atoms with Crippen molar-refractivity contribution in [3.8, 4) is 5.75 Å². The second kappa shape index (κ2) is 6.99. The summed E-state index contributed by atoms with van der Waals surface area (Å²) in [7, 11) is 1.64. The normalized spacial score (nSPS) is 15.1. The molecule has 0 saturated carbocycles. The zero-order chi connectivity index (χ0) is 13.5. The zero-order valence-corrected chi connectivity index (χ0v) is 11.2. The smallest absolute Gasteiger partial charge is 0.224 e. The molecule has 0 atom stereocenters. The van der Waals surface area contributed by atoms with Gasteiger partial charge < -0.3 is 19.7 Å². The van der Waals surface area contributed by atoms with Crippen LogP contribution in [-0.4, -0.2) is 50.8 Å². The molecule has 2 rings (SSSR count). The molecule has 104 valence electrons. The van der Waals surface area contributed by atoms with Crippen LogP contribution in [0.1, 0.15) is 6.42 Å². The Morgan fingerprint density at radius 1 is 1.42 bits per heavy atom. The van der Waals surface area contributed by atoms with Gasteiger partial charge in [0.2, 0.25) is 5.91 Å². The Morgan fingerprint density at radius 2 is 2.21 bits per heavy atom. The van der Waals surface area contributed by atoms with E-state index in [4.69, 9.17) is 9.47 Å². The van der Waals surface area contributed by atoms with E-state index in [1.165, 1.54) is 0 Å². The second-order valence-electron chi connectivity index (χ2n) is 4.40. The average molecular weight is 264 g/mol. The van der Waals surface area contributed by atoms with Crippen molar-refractivity contribution in [1.82, 2.24) is 4.90 Å². The van der Waals surface area contributed by atoms with E-state index in [1.54, 1.807) is 7.11 Å². The van der Waals surface area contributed by atoms with Gasteiger partial charge in [0.25, 0.3) is 0 Å². The van der Waals surface area contributed by atoms with Crippen molar-refractivity contribution >= 4 is 11.6 Å². The topological polar surface area (TPSA) is 50.8 Å². The van der Waals surface area contributed by atoms with Crippen molar-refractivity contribution in [2.45, 2.75) is 6.42 Å². The van der Waals surface area contributed by atoms with Crippen molar-refractivity contribution in [3.05, 3.63) is 24.3 Å². The number of morpholine rings is 1. The molecule has 1 fully saturated rings. The van der Waals surface area contributed by atoms with Gasteiger partial charge in [0.15, 0.2) is 0 Å². The van der Waals surface area contributed by atoms with Gasteiger partial charge in [-0.3, -0.25) is 4.79 Å². The van der Waals surface area contributed by atoms with Gasteiger partial charge in [-0.25, -0.2) is 0 Å². The van der Waals surface area contributed by atoms with E-state index in [1.807, 2.05) is 29.2 Å². The largest absolute Gasteiger partial charge is 0.497 e. The third-order valence-electron chi connectivity index (χ3n) is 3.10. The molecule has 0 unspecified atom stereocenters. The number of nitrogens with one attached hydrogen (secondary N) is 1. The Labute approximate surface area is 113 Å². The lowest BCUT2D eigenvalue weighted by atomic mass is 10.2. The number of hydrogen-bond acceptors (Lipinski definition) is 4. The van der Waals surface area contributed by atoms with Gasteiger partial charge in [0.05, 0.1) is 20.3 Å². The number of ether oxygens (including phenoxy) is 2. The van der Waals surface area contributed by atoms with Gasteiger partial charge >= 0.3 is 0 Å². The second-order valence-corrected chi connectivity index (χ2v) is 4.40. The molecule has 1 aromatic carbocycles. The lowest BCUT2D eigenvalue weighted by Gasteiger charge is -2.26. The van der Waals surface area contributed by atoms with Crippen molar-refractivity contribution in [2.24, 2.45) is 0 Å². The summed E-state index contributed by atoms with van der Waals surface area (Å²) in [5.74, 6) is 0.989. The molecule has 5 nitrogen and oxygen atoms in total. The molecule has 1 heterocycles. The highest BCUT2D eigenvalue weighted by atomic mass is 16.5. The first kappa shape index (κ1) is 13.7. The van der Waals surface area contributed by atoms with Crippen molar-refractivity contribution < 1.29 is 14.3 Å². The molecule has 0 aliphatic carbocycles. The minimum absolute atomic E-state index is 0.179. The van der Waals surface area contributed by atoms with Gasteiger partial charge in [-0.1, -0.05) is 6.07 Å². The first-order valence-corrected chi connectivity index (χ1v) is 6.53. The maximum Gasteiger partial charge on any atom is 0.224 e. The highest BCUT2D eigenvalue weighted by Crippen LogP contribution is 2.16. The molecule has 19 heavy (non-hydrogen) atoms. The van der Waals surface area contributed by atoms with E-state index >= 15 is 0 Å². The number of amides is 1. The summed E-state index contributed by atoms with van der Waals surface area (Å²) in [4.78, 5) is 13.8. The fourth-order valence-electron chi connectivity index (χ4n) is 2.02. The number of anilines is 1. The van der Waals surface area contributed by atoms with Gasteiger partial charge in [-0.15, -0.1) is 0 Å². The molecule has 1 N–H and O–H groups in total. The van der Waals surface area contributed by atoms with Gasteiger partial charge in [-0.05, 0) is 12.1 Å². The van der Waals surface area contributed by atoms with E-state index in [9.17, 15) is 4.79 Å². The van der Waals surface area contributed by atoms with Crippen molar-refractivity contribution in [3.63, 3.8) is 0 Å². The number of methoxy groups -OCH3 is 1. The predicted molar refractivity (Wildman–Crippen MR) is 73.5 cm³/mol. The molecule has 0 spiro atoms. The predicted octanol–water partition coefficient (Wildman–Crippen LogP) is 1.36. The van der Waals surface area contributed by atoms with Crippen LogP contribution in [0.4, 0.5) is 5.69 Å². The third-order valence-corrected chi connectivity index (χ3v) is 3.10. The number of carbonyl (C=O) groups is 1. The van der Waals surface area contributed by atoms with Crippen molar-refractivity contribution in [2.75, 3.05) is 45.3 Å². The number of rotatable bonds is 5. The summed E-state index contributed by atoms with van der Waals surface area (Å²) in [5, 5.41) is 3.23. The van der Waals surface area contributed by atoms with Crippen LogP contribution >= 0.6 is 0 Å². The van der Waals surface area contributed by atoms with Crippen LogP contribution < -0.4 is 10.1 Å². The summed E-state index contributed by atoms with van der Waals surface area (Å²) in [6.07, 6.45) is 0.497. The van der Waals surface area contributed by atoms with Crippen molar-refractivity contribution in [1.29, 1.82) is 0 Å². The summed E-state index contributed by atoms with van der Waals surface area (Å²) >= 11 is 0. The highest BCUT2D eigenvalue weighted by molar-refractivity contribution is 5.76. The molecule has 1 saturated heterocycles. The van der Waals surface area contributed by atoms with E-state index in [-0.39, 0.29) is 5.91 Å². The molecule has 0 radical (unpaired) electrons. The average Bonchev–Trinajstić information content (AvgIpc) is 2.48. The number of nitrogens with zero attached hydrogens (tertiary/aromatic N) is 1. The van der Waals surface area contributed by atoms with Gasteiger partial charge in [-0.2, -0.15) is 0 Å². The molecule has 5 heteroatoms. The summed E-state index contributed by atoms with van der Waals surface area (Å²) in [6, 6.07) is 7.69. The number of carbonyl (C=O) groups excluding carboxylic acids is 1. The molecular formula is C14H20N2O3. The van der Waals surface area contributed by atoms with Crippen LogP contribution in [0.25, 0.3) is 0 Å². The number of benzene rings is 1. The Bertz CT molecular complexity index is 417. The van der Waals surface area contributed by atoms with E-state index in [0.29, 0.717) is 39.3 Å². The third kappa shape index (κ3) is 4.13. The summed E-state index contributed by atoms with van der Waals surface area (Å²) in [5.41, 5.74) is 0.967. The molecule has 1 aromatic rings. The zero-order valence-electron chi connectivity index (χ0n) is 11.2. The fraction of sp³-hybridized carbons (Fsp3) is 0.500. The molecule has 0 aromatic heterocycles. The number of hydrogen-bond donors (Lipinski definition) is 1. The van der Waals surface area contributed by atoms with Gasteiger partial charge in [0, 0.05) is 37.8 Å². The van der Waals surface area contributed by atoms with Crippen LogP contribution in [0, 0.1) is 0 Å². The summed E-state index contributed by atoms with van der Waals surface area (Å²) in [6.45, 7) is 3.34. The van der Waals surface area contributed by atoms with E-state index in [0.717, 1.165) is 11.4 Å². The molecule has 1 aliphatic heterocycles. The Hall–Kier alpha value is -1.75. The Kier molecular flexibility index (Phi) is 5.03. The molecule has 1 aliphatic rings. The minimum atomic E-state index is 0.179. The minimum Gasteiger partial charge on any atom is -0.497 e. The monoisotopic (exact) mass is 264 g/mol. The van der Waals surface area contributed by atoms with Crippen LogP contribution in [0.2, 0.25) is 0 Å². The van der Waals surface area contributed by atoms with E-state index in [2.05, 4.69) is 5.32 Å². The van der Waals surface area contributed by atoms with Crippen LogP contribution in [0.3, 0.4) is 0 Å².